The van der Waals surface area contributed by atoms with E-state index in [1.54, 1.807) is 23.1 Å². The number of nitrogens with zero attached hydrogens (tertiary/aromatic N) is 2. The molecular formula is C26H36F3N5. The lowest BCUT2D eigenvalue weighted by Crippen LogP contribution is -2.50. The van der Waals surface area contributed by atoms with Crippen LogP contribution in [0.4, 0.5) is 18.9 Å². The first kappa shape index (κ1) is 25.9. The van der Waals surface area contributed by atoms with Crippen LogP contribution in [-0.4, -0.2) is 35.2 Å². The summed E-state index contributed by atoms with van der Waals surface area (Å²) in [6.07, 6.45) is 6.52. The number of aromatic nitrogens is 1. The van der Waals surface area contributed by atoms with Crippen molar-refractivity contribution in [3.63, 3.8) is 0 Å². The highest BCUT2D eigenvalue weighted by Gasteiger charge is 2.44. The Bertz CT molecular complexity index is 944. The largest absolute Gasteiger partial charge is 0.397 e. The van der Waals surface area contributed by atoms with Gasteiger partial charge in [-0.15, -0.1) is 0 Å². The lowest BCUT2D eigenvalue weighted by atomic mass is 9.86. The molecular weight excluding hydrogens is 439 g/mol. The summed E-state index contributed by atoms with van der Waals surface area (Å²) < 4.78 is 40.5. The highest BCUT2D eigenvalue weighted by Crippen LogP contribution is 2.36. The van der Waals surface area contributed by atoms with Crippen molar-refractivity contribution in [2.24, 2.45) is 11.7 Å². The summed E-state index contributed by atoms with van der Waals surface area (Å²) in [4.78, 5) is 6.49. The van der Waals surface area contributed by atoms with E-state index < -0.39 is 18.1 Å². The minimum atomic E-state index is -4.30. The van der Waals surface area contributed by atoms with E-state index >= 15 is 0 Å². The number of allylic oxidation sites excluding steroid dienone is 3. The Kier molecular flexibility index (Phi) is 8.47. The molecule has 0 radical (unpaired) electrons. The zero-order valence-electron chi connectivity index (χ0n) is 19.9. The van der Waals surface area contributed by atoms with Crippen LogP contribution < -0.4 is 16.8 Å². The molecule has 1 saturated heterocycles. The minimum Gasteiger partial charge on any atom is -0.397 e. The maximum absolute atomic E-state index is 13.5. The van der Waals surface area contributed by atoms with E-state index in [0.29, 0.717) is 40.9 Å². The van der Waals surface area contributed by atoms with Crippen LogP contribution in [0, 0.1) is 5.92 Å². The van der Waals surface area contributed by atoms with Crippen molar-refractivity contribution in [2.45, 2.75) is 63.6 Å². The number of nitrogens with one attached hydrogen (secondary N) is 1. The quantitative estimate of drug-likeness (QED) is 0.457. The van der Waals surface area contributed by atoms with Crippen LogP contribution >= 0.6 is 0 Å². The molecule has 5 nitrogen and oxygen atoms in total. The predicted molar refractivity (Wildman–Crippen MR) is 132 cm³/mol. The second-order valence-corrected chi connectivity index (χ2v) is 9.24. The number of alkyl halides is 3. The van der Waals surface area contributed by atoms with E-state index in [-0.39, 0.29) is 13.0 Å². The van der Waals surface area contributed by atoms with Gasteiger partial charge in [-0.3, -0.25) is 0 Å². The third-order valence-corrected chi connectivity index (χ3v) is 6.67. The highest BCUT2D eigenvalue weighted by atomic mass is 19.4. The molecule has 2 atom stereocenters. The molecule has 5 N–H and O–H groups in total. The van der Waals surface area contributed by atoms with Gasteiger partial charge < -0.3 is 21.7 Å². The van der Waals surface area contributed by atoms with Gasteiger partial charge in [0.15, 0.2) is 0 Å². The summed E-state index contributed by atoms with van der Waals surface area (Å²) in [6.45, 7) is 9.85. The van der Waals surface area contributed by atoms with Gasteiger partial charge in [-0.25, -0.2) is 4.98 Å². The van der Waals surface area contributed by atoms with Crippen LogP contribution in [0.25, 0.3) is 5.70 Å². The number of piperidine rings is 1. The van der Waals surface area contributed by atoms with Gasteiger partial charge in [0.05, 0.1) is 28.7 Å². The summed E-state index contributed by atoms with van der Waals surface area (Å²) in [5, 5.41) is 3.25. The molecule has 2 aliphatic rings. The second kappa shape index (κ2) is 11.1. The molecule has 0 amide bonds. The van der Waals surface area contributed by atoms with Crippen LogP contribution in [0.5, 0.6) is 0 Å². The number of hydrogen-bond donors (Lipinski definition) is 3. The van der Waals surface area contributed by atoms with E-state index in [9.17, 15) is 13.2 Å². The molecule has 0 aromatic carbocycles. The van der Waals surface area contributed by atoms with Crippen LogP contribution in [-0.2, 0) is 0 Å². The normalized spacial score (nSPS) is 23.0. The van der Waals surface area contributed by atoms with Crippen molar-refractivity contribution in [1.29, 1.82) is 0 Å². The van der Waals surface area contributed by atoms with Gasteiger partial charge in [0.1, 0.15) is 5.69 Å². The average Bonchev–Trinajstić information content (AvgIpc) is 2.81. The van der Waals surface area contributed by atoms with E-state index in [4.69, 9.17) is 16.5 Å². The van der Waals surface area contributed by atoms with Crippen LogP contribution in [0.1, 0.15) is 62.8 Å². The van der Waals surface area contributed by atoms with Crippen molar-refractivity contribution in [3.05, 3.63) is 66.3 Å². The second-order valence-electron chi connectivity index (χ2n) is 9.24. The number of anilines is 1. The van der Waals surface area contributed by atoms with Crippen LogP contribution in [0.2, 0.25) is 0 Å². The van der Waals surface area contributed by atoms with Crippen molar-refractivity contribution in [1.82, 2.24) is 15.2 Å². The Morgan fingerprint density at radius 1 is 1.21 bits per heavy atom. The fourth-order valence-electron chi connectivity index (χ4n) is 4.91. The molecule has 1 saturated carbocycles. The lowest BCUT2D eigenvalue weighted by molar-refractivity contribution is -0.186. The molecule has 1 aromatic rings. The number of nitrogens with two attached hydrogens (primary N) is 2. The van der Waals surface area contributed by atoms with E-state index in [2.05, 4.69) is 18.5 Å². The van der Waals surface area contributed by atoms with E-state index in [1.165, 1.54) is 19.3 Å². The number of likely N-dealkylation sites (tertiary alicyclic amines) is 1. The first-order valence-corrected chi connectivity index (χ1v) is 11.9. The average molecular weight is 476 g/mol. The fraction of sp³-hybridized carbons (Fsp3) is 0.500. The SMILES string of the molecule is C=C/C=C(\C(=C/C)NC(=C)c1nc(C2CCCCC2)ccc1N)N1CC(N)CC(C(F)(F)F)C1. The molecule has 34 heavy (non-hydrogen) atoms. The Balaban J connectivity index is 1.83. The van der Waals surface area contributed by atoms with Crippen molar-refractivity contribution in [3.8, 4) is 0 Å². The Hall–Kier alpha value is -2.74. The number of halogens is 3. The van der Waals surface area contributed by atoms with Gasteiger partial charge in [-0.05, 0) is 44.4 Å². The molecule has 0 spiro atoms. The summed E-state index contributed by atoms with van der Waals surface area (Å²) in [7, 11) is 0. The Morgan fingerprint density at radius 2 is 1.91 bits per heavy atom. The molecule has 8 heteroatoms. The smallest absolute Gasteiger partial charge is 0.393 e. The molecule has 2 fully saturated rings. The molecule has 1 aliphatic carbocycles. The van der Waals surface area contributed by atoms with Gasteiger partial charge in [-0.2, -0.15) is 13.2 Å². The monoisotopic (exact) mass is 475 g/mol. The zero-order valence-corrected chi connectivity index (χ0v) is 19.9. The van der Waals surface area contributed by atoms with Crippen molar-refractivity contribution >= 4 is 11.4 Å². The maximum atomic E-state index is 13.5. The van der Waals surface area contributed by atoms with Crippen molar-refractivity contribution < 1.29 is 13.2 Å². The number of hydrogen-bond acceptors (Lipinski definition) is 5. The Morgan fingerprint density at radius 3 is 2.53 bits per heavy atom. The highest BCUT2D eigenvalue weighted by molar-refractivity contribution is 5.71. The van der Waals surface area contributed by atoms with Crippen LogP contribution in [0.3, 0.4) is 0 Å². The van der Waals surface area contributed by atoms with E-state index in [0.717, 1.165) is 18.5 Å². The van der Waals surface area contributed by atoms with Gasteiger partial charge >= 0.3 is 6.18 Å². The molecule has 2 unspecified atom stereocenters. The van der Waals surface area contributed by atoms with Gasteiger partial charge in [0.25, 0.3) is 0 Å². The molecule has 3 rings (SSSR count). The standard InChI is InChI=1S/C26H36F3N5/c1-4-9-24(34-15-19(26(27,28)29)14-20(30)16-34)22(5-2)32-17(3)25-21(31)12-13-23(33-25)18-10-7-6-8-11-18/h4-5,9,12-13,18-20,32H,1,3,6-8,10-11,14-16,30-31H2,2H3/b22-5+,24-9+. The van der Waals surface area contributed by atoms with E-state index in [1.807, 2.05) is 19.1 Å². The van der Waals surface area contributed by atoms with Gasteiger partial charge in [0, 0.05) is 30.7 Å². The summed E-state index contributed by atoms with van der Waals surface area (Å²) in [5.41, 5.74) is 16.0. The van der Waals surface area contributed by atoms with Crippen molar-refractivity contribution in [2.75, 3.05) is 18.8 Å². The molecule has 2 heterocycles. The predicted octanol–water partition coefficient (Wildman–Crippen LogP) is 5.46. The number of nitrogen functional groups attached to an aromatic ring is 1. The topological polar surface area (TPSA) is 80.2 Å². The summed E-state index contributed by atoms with van der Waals surface area (Å²) >= 11 is 0. The van der Waals surface area contributed by atoms with Crippen LogP contribution in [0.15, 0.2) is 54.9 Å². The lowest BCUT2D eigenvalue weighted by Gasteiger charge is -2.40. The number of rotatable bonds is 7. The first-order valence-electron chi connectivity index (χ1n) is 11.9. The zero-order chi connectivity index (χ0) is 24.9. The summed E-state index contributed by atoms with van der Waals surface area (Å²) in [6, 6.07) is 3.25. The van der Waals surface area contributed by atoms with Gasteiger partial charge in [-0.1, -0.05) is 44.6 Å². The maximum Gasteiger partial charge on any atom is 0.393 e. The minimum absolute atomic E-state index is 0.0823. The van der Waals surface area contributed by atoms with Gasteiger partial charge in [0.2, 0.25) is 0 Å². The third-order valence-electron chi connectivity index (χ3n) is 6.67. The molecule has 1 aliphatic heterocycles. The fourth-order valence-corrected chi connectivity index (χ4v) is 4.91. The first-order chi connectivity index (χ1) is 16.1. The summed E-state index contributed by atoms with van der Waals surface area (Å²) in [5.74, 6) is -1.08. The third kappa shape index (κ3) is 6.23. The molecule has 186 valence electrons. The Labute approximate surface area is 200 Å². The number of pyridine rings is 1. The molecule has 0 bridgehead atoms. The molecule has 1 aromatic heterocycles.